The van der Waals surface area contributed by atoms with Gasteiger partial charge in [-0.2, -0.15) is 8.78 Å². The van der Waals surface area contributed by atoms with Crippen molar-refractivity contribution in [2.45, 2.75) is 50.8 Å². The van der Waals surface area contributed by atoms with Crippen molar-refractivity contribution < 1.29 is 32.2 Å². The van der Waals surface area contributed by atoms with Crippen LogP contribution in [0.5, 0.6) is 17.2 Å². The zero-order chi connectivity index (χ0) is 27.6. The number of benzene rings is 2. The molecule has 1 N–H and O–H groups in total. The second-order valence-corrected chi connectivity index (χ2v) is 10.9. The number of carbonyl (C=O) groups excluding carboxylic acids is 1. The van der Waals surface area contributed by atoms with E-state index in [0.717, 1.165) is 50.8 Å². The van der Waals surface area contributed by atoms with Crippen LogP contribution in [0.1, 0.15) is 42.5 Å². The molecular formula is C30H35F2N3O5. The third kappa shape index (κ3) is 6.02. The van der Waals surface area contributed by atoms with Crippen molar-refractivity contribution >= 4 is 16.9 Å². The molecule has 2 aliphatic heterocycles. The Morgan fingerprint density at radius 2 is 1.88 bits per heavy atom. The predicted molar refractivity (Wildman–Crippen MR) is 146 cm³/mol. The van der Waals surface area contributed by atoms with Crippen LogP contribution in [0.15, 0.2) is 41.0 Å². The maximum Gasteiger partial charge on any atom is 0.387 e. The monoisotopic (exact) mass is 555 g/mol. The van der Waals surface area contributed by atoms with Gasteiger partial charge in [-0.1, -0.05) is 0 Å². The third-order valence-electron chi connectivity index (χ3n) is 8.02. The van der Waals surface area contributed by atoms with Crippen LogP contribution in [0.2, 0.25) is 0 Å². The molecule has 1 aliphatic carbocycles. The average molecular weight is 556 g/mol. The summed E-state index contributed by atoms with van der Waals surface area (Å²) in [5.41, 5.74) is 1.83. The molecule has 1 saturated carbocycles. The lowest BCUT2D eigenvalue weighted by Crippen LogP contribution is -2.48. The van der Waals surface area contributed by atoms with Crippen molar-refractivity contribution in [2.75, 3.05) is 46.4 Å². The van der Waals surface area contributed by atoms with E-state index < -0.39 is 12.5 Å². The molecule has 2 saturated heterocycles. The van der Waals surface area contributed by atoms with Crippen LogP contribution in [0.25, 0.3) is 22.1 Å². The van der Waals surface area contributed by atoms with Gasteiger partial charge in [0.05, 0.1) is 6.26 Å². The van der Waals surface area contributed by atoms with Crippen molar-refractivity contribution in [3.05, 3.63) is 42.2 Å². The van der Waals surface area contributed by atoms with Gasteiger partial charge >= 0.3 is 6.61 Å². The summed E-state index contributed by atoms with van der Waals surface area (Å²) in [5, 5.41) is 3.67. The SMILES string of the molecule is CN1CC[C@@H]1COc1cc(-c2coc3cc(OCCN4CCCC4)ccc23)cc(OC(F)F)c1C(=O)NC1CC1. The Morgan fingerprint density at radius 1 is 1.07 bits per heavy atom. The number of hydrogen-bond donors (Lipinski definition) is 1. The van der Waals surface area contributed by atoms with E-state index in [2.05, 4.69) is 15.1 Å². The minimum absolute atomic E-state index is 0.0144. The number of likely N-dealkylation sites (N-methyl/N-ethyl adjacent to an activating group) is 1. The lowest BCUT2D eigenvalue weighted by Gasteiger charge is -2.37. The zero-order valence-electron chi connectivity index (χ0n) is 22.7. The number of amides is 1. The first-order valence-corrected chi connectivity index (χ1v) is 14.1. The number of rotatable bonds is 12. The molecular weight excluding hydrogens is 520 g/mol. The fourth-order valence-electron chi connectivity index (χ4n) is 5.34. The van der Waals surface area contributed by atoms with Gasteiger partial charge in [0.1, 0.15) is 41.6 Å². The van der Waals surface area contributed by atoms with E-state index in [-0.39, 0.29) is 29.1 Å². The van der Waals surface area contributed by atoms with Crippen molar-refractivity contribution in [3.63, 3.8) is 0 Å². The Bertz CT molecular complexity index is 1350. The number of nitrogens with zero attached hydrogens (tertiary/aromatic N) is 2. The highest BCUT2D eigenvalue weighted by Crippen LogP contribution is 2.40. The summed E-state index contributed by atoms with van der Waals surface area (Å²) in [5.74, 6) is 0.214. The van der Waals surface area contributed by atoms with E-state index in [1.807, 2.05) is 25.2 Å². The van der Waals surface area contributed by atoms with Crippen LogP contribution >= 0.6 is 0 Å². The lowest BCUT2D eigenvalue weighted by molar-refractivity contribution is -0.0502. The molecule has 1 amide bonds. The molecule has 1 aromatic heterocycles. The van der Waals surface area contributed by atoms with Crippen molar-refractivity contribution in [2.24, 2.45) is 0 Å². The minimum atomic E-state index is -3.10. The molecule has 6 rings (SSSR count). The highest BCUT2D eigenvalue weighted by atomic mass is 19.3. The summed E-state index contributed by atoms with van der Waals surface area (Å²) in [7, 11) is 2.00. The van der Waals surface area contributed by atoms with E-state index in [1.165, 1.54) is 18.9 Å². The molecule has 0 radical (unpaired) electrons. The van der Waals surface area contributed by atoms with Crippen LogP contribution in [-0.2, 0) is 0 Å². The van der Waals surface area contributed by atoms with Gasteiger partial charge in [-0.15, -0.1) is 0 Å². The van der Waals surface area contributed by atoms with Crippen LogP contribution in [-0.4, -0.2) is 80.8 Å². The summed E-state index contributed by atoms with van der Waals surface area (Å²) in [6.07, 6.45) is 6.75. The summed E-state index contributed by atoms with van der Waals surface area (Å²) >= 11 is 0. The first-order valence-electron chi connectivity index (χ1n) is 14.1. The fraction of sp³-hybridized carbons (Fsp3) is 0.500. The first-order chi connectivity index (χ1) is 19.4. The van der Waals surface area contributed by atoms with Crippen LogP contribution in [0.4, 0.5) is 8.78 Å². The number of ether oxygens (including phenoxy) is 3. The molecule has 2 aromatic carbocycles. The molecule has 10 heteroatoms. The smallest absolute Gasteiger partial charge is 0.387 e. The molecule has 0 unspecified atom stereocenters. The minimum Gasteiger partial charge on any atom is -0.492 e. The molecule has 3 fully saturated rings. The van der Waals surface area contributed by atoms with Crippen LogP contribution < -0.4 is 19.5 Å². The number of halogens is 2. The molecule has 0 bridgehead atoms. The standard InChI is InChI=1S/C30H35F2N3O5/c1-34-11-8-21(34)17-38-26-14-19(15-27(40-30(31)32)28(26)29(36)33-20-4-5-20)24-18-39-25-16-22(6-7-23(24)25)37-13-12-35-9-2-3-10-35/h6-7,14-16,18,20-21,30H,2-5,8-13,17H2,1H3,(H,33,36)/t21-/m1/s1. The van der Waals surface area contributed by atoms with Gasteiger partial charge in [-0.25, -0.2) is 0 Å². The first kappa shape index (κ1) is 26.8. The number of furan rings is 1. The van der Waals surface area contributed by atoms with Crippen molar-refractivity contribution in [1.29, 1.82) is 0 Å². The maximum atomic E-state index is 13.5. The number of carbonyl (C=O) groups is 1. The average Bonchev–Trinajstić information content (AvgIpc) is 3.40. The molecule has 0 spiro atoms. The number of hydrogen-bond acceptors (Lipinski definition) is 7. The van der Waals surface area contributed by atoms with Gasteiger partial charge in [-0.3, -0.25) is 14.6 Å². The van der Waals surface area contributed by atoms with E-state index in [0.29, 0.717) is 35.7 Å². The highest BCUT2D eigenvalue weighted by molar-refractivity contribution is 6.02. The molecule has 3 aliphatic rings. The molecule has 40 heavy (non-hydrogen) atoms. The van der Waals surface area contributed by atoms with Gasteiger partial charge in [-0.05, 0) is 88.6 Å². The van der Waals surface area contributed by atoms with Crippen molar-refractivity contribution in [1.82, 2.24) is 15.1 Å². The maximum absolute atomic E-state index is 13.5. The fourth-order valence-corrected chi connectivity index (χ4v) is 5.34. The molecule has 3 aromatic rings. The van der Waals surface area contributed by atoms with E-state index in [1.54, 1.807) is 12.3 Å². The number of likely N-dealkylation sites (tertiary alicyclic amines) is 2. The van der Waals surface area contributed by atoms with Crippen LogP contribution in [0.3, 0.4) is 0 Å². The number of nitrogens with one attached hydrogen (secondary N) is 1. The molecule has 3 heterocycles. The normalized spacial score (nSPS) is 19.6. The number of fused-ring (bicyclic) bond motifs is 1. The Hall–Kier alpha value is -3.37. The predicted octanol–water partition coefficient (Wildman–Crippen LogP) is 5.15. The Morgan fingerprint density at radius 3 is 2.58 bits per heavy atom. The zero-order valence-corrected chi connectivity index (χ0v) is 22.7. The summed E-state index contributed by atoms with van der Waals surface area (Å²) in [6, 6.07) is 9.02. The molecule has 1 atom stereocenters. The van der Waals surface area contributed by atoms with Gasteiger partial charge in [0, 0.05) is 35.6 Å². The Balaban J connectivity index is 1.29. The number of alkyl halides is 2. The largest absolute Gasteiger partial charge is 0.492 e. The quantitative estimate of drug-likeness (QED) is 0.331. The summed E-state index contributed by atoms with van der Waals surface area (Å²) in [6.45, 7) is 1.91. The summed E-state index contributed by atoms with van der Waals surface area (Å²) in [4.78, 5) is 17.7. The van der Waals surface area contributed by atoms with E-state index in [4.69, 9.17) is 18.6 Å². The Labute approximate surface area is 232 Å². The molecule has 214 valence electrons. The Kier molecular flexibility index (Phi) is 7.80. The molecule has 8 nitrogen and oxygen atoms in total. The summed E-state index contributed by atoms with van der Waals surface area (Å²) < 4.78 is 49.9. The second-order valence-electron chi connectivity index (χ2n) is 10.9. The topological polar surface area (TPSA) is 76.4 Å². The third-order valence-corrected chi connectivity index (χ3v) is 8.02. The second kappa shape index (κ2) is 11.6. The van der Waals surface area contributed by atoms with Gasteiger partial charge in [0.2, 0.25) is 0 Å². The van der Waals surface area contributed by atoms with Gasteiger partial charge < -0.3 is 23.9 Å². The van der Waals surface area contributed by atoms with Gasteiger partial charge in [0.25, 0.3) is 5.91 Å². The highest BCUT2D eigenvalue weighted by Gasteiger charge is 2.31. The lowest BCUT2D eigenvalue weighted by atomic mass is 10.0. The van der Waals surface area contributed by atoms with Crippen LogP contribution in [0, 0.1) is 0 Å². The van der Waals surface area contributed by atoms with Crippen molar-refractivity contribution in [3.8, 4) is 28.4 Å². The van der Waals surface area contributed by atoms with E-state index in [9.17, 15) is 13.6 Å². The van der Waals surface area contributed by atoms with E-state index >= 15 is 0 Å². The van der Waals surface area contributed by atoms with Gasteiger partial charge in [0.15, 0.2) is 0 Å².